The molecule has 0 radical (unpaired) electrons. The van der Waals surface area contributed by atoms with Crippen LogP contribution in [0.4, 0.5) is 0 Å². The number of nitrogens with zero attached hydrogens (tertiary/aromatic N) is 1. The summed E-state index contributed by atoms with van der Waals surface area (Å²) in [5.74, 6) is 0.718. The number of hydrogen-bond acceptors (Lipinski definition) is 3. The Balaban J connectivity index is 2.35. The standard InChI is InChI=1S/C15H33N3/c1-12(2)14-10-13(11-15(3,4)17-14)16-8-7-9-18(5)6/h12-14,16-17H,7-11H2,1-6H3. The highest BCUT2D eigenvalue weighted by molar-refractivity contribution is 4.95. The summed E-state index contributed by atoms with van der Waals surface area (Å²) in [6.07, 6.45) is 3.74. The molecule has 3 heteroatoms. The van der Waals surface area contributed by atoms with Crippen LogP contribution in [0.1, 0.15) is 47.0 Å². The summed E-state index contributed by atoms with van der Waals surface area (Å²) in [5.41, 5.74) is 0.270. The normalized spacial score (nSPS) is 28.0. The predicted molar refractivity (Wildman–Crippen MR) is 80.0 cm³/mol. The van der Waals surface area contributed by atoms with Crippen molar-refractivity contribution in [1.29, 1.82) is 0 Å². The maximum Gasteiger partial charge on any atom is 0.0142 e. The molecule has 1 rings (SSSR count). The zero-order valence-electron chi connectivity index (χ0n) is 13.2. The summed E-state index contributed by atoms with van der Waals surface area (Å²) >= 11 is 0. The fourth-order valence-corrected chi connectivity index (χ4v) is 2.92. The van der Waals surface area contributed by atoms with E-state index in [9.17, 15) is 0 Å². The van der Waals surface area contributed by atoms with Crippen molar-refractivity contribution in [3.63, 3.8) is 0 Å². The molecule has 0 amide bonds. The van der Waals surface area contributed by atoms with E-state index in [4.69, 9.17) is 0 Å². The van der Waals surface area contributed by atoms with E-state index in [2.05, 4.69) is 57.3 Å². The Morgan fingerprint density at radius 3 is 2.56 bits per heavy atom. The minimum Gasteiger partial charge on any atom is -0.314 e. The Morgan fingerprint density at radius 2 is 2.00 bits per heavy atom. The van der Waals surface area contributed by atoms with Gasteiger partial charge >= 0.3 is 0 Å². The van der Waals surface area contributed by atoms with Crippen molar-refractivity contribution in [2.24, 2.45) is 5.92 Å². The van der Waals surface area contributed by atoms with Gasteiger partial charge in [0.05, 0.1) is 0 Å². The molecule has 1 saturated heterocycles. The third-order valence-electron chi connectivity index (χ3n) is 3.89. The van der Waals surface area contributed by atoms with Crippen LogP contribution in [0.25, 0.3) is 0 Å². The monoisotopic (exact) mass is 255 g/mol. The lowest BCUT2D eigenvalue weighted by Crippen LogP contribution is -2.58. The molecular formula is C15H33N3. The van der Waals surface area contributed by atoms with Crippen LogP contribution in [-0.4, -0.2) is 49.7 Å². The third-order valence-corrected chi connectivity index (χ3v) is 3.89. The van der Waals surface area contributed by atoms with Crippen LogP contribution in [0.15, 0.2) is 0 Å². The molecule has 3 nitrogen and oxygen atoms in total. The van der Waals surface area contributed by atoms with Gasteiger partial charge in [-0.3, -0.25) is 0 Å². The first-order valence-electron chi connectivity index (χ1n) is 7.46. The quantitative estimate of drug-likeness (QED) is 0.712. The molecule has 1 heterocycles. The van der Waals surface area contributed by atoms with E-state index in [0.29, 0.717) is 12.1 Å². The molecule has 0 saturated carbocycles. The first-order chi connectivity index (χ1) is 8.30. The van der Waals surface area contributed by atoms with E-state index in [1.807, 2.05) is 0 Å². The van der Waals surface area contributed by atoms with E-state index in [1.165, 1.54) is 25.8 Å². The van der Waals surface area contributed by atoms with Crippen molar-refractivity contribution in [3.05, 3.63) is 0 Å². The average Bonchev–Trinajstić information content (AvgIpc) is 2.22. The highest BCUT2D eigenvalue weighted by Crippen LogP contribution is 2.25. The molecule has 0 aromatic carbocycles. The van der Waals surface area contributed by atoms with Crippen molar-refractivity contribution >= 4 is 0 Å². The molecule has 2 unspecified atom stereocenters. The van der Waals surface area contributed by atoms with E-state index in [-0.39, 0.29) is 5.54 Å². The molecule has 0 aromatic heterocycles. The topological polar surface area (TPSA) is 27.3 Å². The summed E-state index contributed by atoms with van der Waals surface area (Å²) in [6, 6.07) is 1.33. The van der Waals surface area contributed by atoms with Crippen LogP contribution in [0.2, 0.25) is 0 Å². The van der Waals surface area contributed by atoms with Gasteiger partial charge in [0.2, 0.25) is 0 Å². The Hall–Kier alpha value is -0.120. The maximum atomic E-state index is 3.78. The summed E-state index contributed by atoms with van der Waals surface area (Å²) < 4.78 is 0. The van der Waals surface area contributed by atoms with E-state index in [1.54, 1.807) is 0 Å². The minimum absolute atomic E-state index is 0.270. The Kier molecular flexibility index (Phi) is 6.09. The van der Waals surface area contributed by atoms with Gasteiger partial charge in [0, 0.05) is 17.6 Å². The van der Waals surface area contributed by atoms with Gasteiger partial charge in [-0.2, -0.15) is 0 Å². The lowest BCUT2D eigenvalue weighted by atomic mass is 9.82. The molecule has 0 aliphatic carbocycles. The second kappa shape index (κ2) is 6.88. The summed E-state index contributed by atoms with van der Waals surface area (Å²) in [5, 5.41) is 7.53. The lowest BCUT2D eigenvalue weighted by molar-refractivity contribution is 0.169. The molecule has 0 bridgehead atoms. The summed E-state index contributed by atoms with van der Waals surface area (Å²) in [7, 11) is 4.28. The molecule has 0 spiro atoms. The van der Waals surface area contributed by atoms with Gasteiger partial charge in [-0.1, -0.05) is 13.8 Å². The molecule has 2 atom stereocenters. The van der Waals surface area contributed by atoms with E-state index in [0.717, 1.165) is 12.5 Å². The van der Waals surface area contributed by atoms with Gasteiger partial charge in [0.25, 0.3) is 0 Å². The van der Waals surface area contributed by atoms with Crippen LogP contribution < -0.4 is 10.6 Å². The highest BCUT2D eigenvalue weighted by Gasteiger charge is 2.33. The van der Waals surface area contributed by atoms with Gasteiger partial charge in [-0.05, 0) is 66.2 Å². The number of hydrogen-bond donors (Lipinski definition) is 2. The van der Waals surface area contributed by atoms with Gasteiger partial charge in [-0.15, -0.1) is 0 Å². The lowest BCUT2D eigenvalue weighted by Gasteiger charge is -2.43. The fourth-order valence-electron chi connectivity index (χ4n) is 2.92. The first-order valence-corrected chi connectivity index (χ1v) is 7.46. The molecule has 0 aromatic rings. The Labute approximate surface area is 114 Å². The Morgan fingerprint density at radius 1 is 1.33 bits per heavy atom. The first kappa shape index (κ1) is 15.9. The molecule has 1 aliphatic heterocycles. The van der Waals surface area contributed by atoms with Gasteiger partial charge < -0.3 is 15.5 Å². The smallest absolute Gasteiger partial charge is 0.0142 e. The van der Waals surface area contributed by atoms with Gasteiger partial charge in [0.15, 0.2) is 0 Å². The predicted octanol–water partition coefficient (Wildman–Crippen LogP) is 2.08. The number of rotatable bonds is 6. The van der Waals surface area contributed by atoms with Gasteiger partial charge in [0.1, 0.15) is 0 Å². The second-order valence-electron chi connectivity index (χ2n) is 7.13. The summed E-state index contributed by atoms with van der Waals surface area (Å²) in [4.78, 5) is 2.25. The van der Waals surface area contributed by atoms with Crippen LogP contribution in [0.3, 0.4) is 0 Å². The van der Waals surface area contributed by atoms with Crippen molar-refractivity contribution in [3.8, 4) is 0 Å². The summed E-state index contributed by atoms with van der Waals surface area (Å²) in [6.45, 7) is 11.6. The third kappa shape index (κ3) is 5.68. The average molecular weight is 255 g/mol. The minimum atomic E-state index is 0.270. The second-order valence-corrected chi connectivity index (χ2v) is 7.13. The van der Waals surface area contributed by atoms with Crippen molar-refractivity contribution < 1.29 is 0 Å². The van der Waals surface area contributed by atoms with E-state index < -0.39 is 0 Å². The molecule has 2 N–H and O–H groups in total. The highest BCUT2D eigenvalue weighted by atomic mass is 15.1. The van der Waals surface area contributed by atoms with Crippen LogP contribution >= 0.6 is 0 Å². The molecule has 1 fully saturated rings. The fraction of sp³-hybridized carbons (Fsp3) is 1.00. The van der Waals surface area contributed by atoms with Crippen LogP contribution in [-0.2, 0) is 0 Å². The van der Waals surface area contributed by atoms with E-state index >= 15 is 0 Å². The largest absolute Gasteiger partial charge is 0.314 e. The van der Waals surface area contributed by atoms with Crippen molar-refractivity contribution in [1.82, 2.24) is 15.5 Å². The molecule has 1 aliphatic rings. The zero-order chi connectivity index (χ0) is 13.8. The van der Waals surface area contributed by atoms with Gasteiger partial charge in [-0.25, -0.2) is 0 Å². The molecular weight excluding hydrogens is 222 g/mol. The molecule has 108 valence electrons. The maximum absolute atomic E-state index is 3.78. The van der Waals surface area contributed by atoms with Crippen LogP contribution in [0, 0.1) is 5.92 Å². The molecule has 18 heavy (non-hydrogen) atoms. The number of piperidine rings is 1. The Bertz CT molecular complexity index is 236. The zero-order valence-corrected chi connectivity index (χ0v) is 13.2. The number of nitrogens with one attached hydrogen (secondary N) is 2. The van der Waals surface area contributed by atoms with Crippen LogP contribution in [0.5, 0.6) is 0 Å². The van der Waals surface area contributed by atoms with Crippen molar-refractivity contribution in [2.75, 3.05) is 27.2 Å². The van der Waals surface area contributed by atoms with Crippen molar-refractivity contribution in [2.45, 2.75) is 64.6 Å². The SMILES string of the molecule is CC(C)C1CC(NCCCN(C)C)CC(C)(C)N1.